The second kappa shape index (κ2) is 7.13. The minimum atomic E-state index is -0.438. The molecule has 2 heterocycles. The molecule has 1 saturated heterocycles. The molecule has 0 saturated carbocycles. The fraction of sp³-hybridized carbons (Fsp3) is 0.765. The van der Waals surface area contributed by atoms with Crippen LogP contribution >= 0.6 is 0 Å². The van der Waals surface area contributed by atoms with Crippen LogP contribution in [-0.4, -0.2) is 41.5 Å². The highest BCUT2D eigenvalue weighted by molar-refractivity contribution is 4.96. The summed E-state index contributed by atoms with van der Waals surface area (Å²) in [5, 5.41) is 14.8. The molecule has 1 aromatic rings. The molecule has 0 bridgehead atoms. The van der Waals surface area contributed by atoms with Crippen LogP contribution in [0.4, 0.5) is 0 Å². The van der Waals surface area contributed by atoms with Crippen molar-refractivity contribution >= 4 is 0 Å². The maximum absolute atomic E-state index is 10.1. The van der Waals surface area contributed by atoms with Crippen LogP contribution in [0.2, 0.25) is 0 Å². The second-order valence-corrected chi connectivity index (χ2v) is 8.01. The predicted octanol–water partition coefficient (Wildman–Crippen LogP) is 0.00350. The fourth-order valence-electron chi connectivity index (χ4n) is 3.87. The summed E-state index contributed by atoms with van der Waals surface area (Å²) in [4.78, 5) is 0. The van der Waals surface area contributed by atoms with E-state index < -0.39 is 6.10 Å². The minimum Gasteiger partial charge on any atom is -0.467 e. The highest BCUT2D eigenvalue weighted by atomic mass is 16.5. The van der Waals surface area contributed by atoms with Gasteiger partial charge in [-0.25, -0.2) is 0 Å². The van der Waals surface area contributed by atoms with Gasteiger partial charge in [0.2, 0.25) is 0 Å². The van der Waals surface area contributed by atoms with Crippen molar-refractivity contribution in [1.29, 1.82) is 0 Å². The summed E-state index contributed by atoms with van der Waals surface area (Å²) >= 11 is 0. The molecule has 22 heavy (non-hydrogen) atoms. The first kappa shape index (κ1) is 17.5. The Balaban J connectivity index is 1.68. The summed E-state index contributed by atoms with van der Waals surface area (Å²) in [6.07, 6.45) is 3.52. The van der Waals surface area contributed by atoms with E-state index in [0.29, 0.717) is 25.8 Å². The molecule has 5 heteroatoms. The van der Waals surface area contributed by atoms with Gasteiger partial charge in [-0.15, -0.1) is 0 Å². The van der Waals surface area contributed by atoms with E-state index >= 15 is 0 Å². The molecule has 0 amide bonds. The monoisotopic (exact) mass is 312 g/mol. The van der Waals surface area contributed by atoms with Crippen LogP contribution in [0.15, 0.2) is 22.8 Å². The smallest absolute Gasteiger partial charge is 0.129 e. The molecule has 0 unspecified atom stereocenters. The molecule has 1 atom stereocenters. The number of hydrogen-bond donors (Lipinski definition) is 3. The van der Waals surface area contributed by atoms with Crippen LogP contribution in [0.3, 0.4) is 0 Å². The molecule has 0 spiro atoms. The van der Waals surface area contributed by atoms with Gasteiger partial charge in [0.1, 0.15) is 25.0 Å². The van der Waals surface area contributed by atoms with Gasteiger partial charge in [0.25, 0.3) is 0 Å². The molecule has 5 nitrogen and oxygen atoms in total. The molecule has 1 aromatic heterocycles. The predicted molar refractivity (Wildman–Crippen MR) is 84.3 cm³/mol. The van der Waals surface area contributed by atoms with Gasteiger partial charge in [-0.2, -0.15) is 0 Å². The summed E-state index contributed by atoms with van der Waals surface area (Å²) in [6.45, 7) is 10.7. The normalized spacial score (nSPS) is 22.6. The first-order valence-electron chi connectivity index (χ1n) is 8.24. The molecular weight excluding hydrogens is 280 g/mol. The maximum atomic E-state index is 10.1. The van der Waals surface area contributed by atoms with Crippen LogP contribution < -0.4 is 10.6 Å². The molecule has 2 rings (SSSR count). The summed E-state index contributed by atoms with van der Waals surface area (Å²) < 4.78 is 10.7. The van der Waals surface area contributed by atoms with Crippen molar-refractivity contribution < 1.29 is 24.9 Å². The first-order valence-corrected chi connectivity index (χ1v) is 8.24. The highest BCUT2D eigenvalue weighted by Gasteiger charge is 2.43. The quantitative estimate of drug-likeness (QED) is 0.663. The van der Waals surface area contributed by atoms with Crippen molar-refractivity contribution in [2.75, 3.05) is 13.2 Å². The van der Waals surface area contributed by atoms with Gasteiger partial charge in [0, 0.05) is 0 Å². The number of piperidine rings is 1. The molecule has 0 aromatic carbocycles. The van der Waals surface area contributed by atoms with Gasteiger partial charge in [-0.1, -0.05) is 0 Å². The van der Waals surface area contributed by atoms with Gasteiger partial charge >= 0.3 is 0 Å². The molecule has 1 aliphatic rings. The van der Waals surface area contributed by atoms with Crippen molar-refractivity contribution in [2.45, 2.75) is 70.4 Å². The topological polar surface area (TPSA) is 75.8 Å². The van der Waals surface area contributed by atoms with E-state index in [-0.39, 0.29) is 11.1 Å². The Morgan fingerprint density at radius 2 is 2.05 bits per heavy atom. The van der Waals surface area contributed by atoms with Crippen molar-refractivity contribution in [3.8, 4) is 0 Å². The Bertz CT molecular complexity index is 427. The Kier molecular flexibility index (Phi) is 5.66. The van der Waals surface area contributed by atoms with Gasteiger partial charge in [0.15, 0.2) is 0 Å². The van der Waals surface area contributed by atoms with E-state index in [1.807, 2.05) is 12.1 Å². The summed E-state index contributed by atoms with van der Waals surface area (Å²) in [5.74, 6) is 0.794. The van der Waals surface area contributed by atoms with E-state index in [4.69, 9.17) is 9.15 Å². The largest absolute Gasteiger partial charge is 0.467 e. The standard InChI is InChI=1S/C17H30N2O3/c1-16(2)8-13(9-17(3,4)19-16)18-10-14(20)11-21-12-15-6-5-7-22-15/h5-7,13-14,18-20H,8-12H2,1-4H3/p+2/t14-/m1/s1. The maximum Gasteiger partial charge on any atom is 0.129 e. The van der Waals surface area contributed by atoms with E-state index in [9.17, 15) is 5.11 Å². The molecule has 1 fully saturated rings. The Morgan fingerprint density at radius 3 is 2.64 bits per heavy atom. The lowest BCUT2D eigenvalue weighted by molar-refractivity contribution is -0.814. The first-order chi connectivity index (χ1) is 10.3. The van der Waals surface area contributed by atoms with Crippen molar-refractivity contribution in [2.24, 2.45) is 0 Å². The van der Waals surface area contributed by atoms with Crippen molar-refractivity contribution in [3.05, 3.63) is 24.2 Å². The third-order valence-electron chi connectivity index (χ3n) is 4.23. The average Bonchev–Trinajstić information content (AvgIpc) is 2.86. The molecule has 0 radical (unpaired) electrons. The van der Waals surface area contributed by atoms with Gasteiger partial charge in [-0.05, 0) is 39.8 Å². The number of ether oxygens (including phenoxy) is 1. The van der Waals surface area contributed by atoms with E-state index in [2.05, 4.69) is 38.3 Å². The van der Waals surface area contributed by atoms with Crippen LogP contribution in [0.1, 0.15) is 46.3 Å². The minimum absolute atomic E-state index is 0.268. The van der Waals surface area contributed by atoms with Crippen molar-refractivity contribution in [3.63, 3.8) is 0 Å². The number of rotatable bonds is 7. The van der Waals surface area contributed by atoms with Crippen LogP contribution in [0.25, 0.3) is 0 Å². The van der Waals surface area contributed by atoms with Gasteiger partial charge < -0.3 is 24.9 Å². The number of nitrogens with two attached hydrogens (primary N) is 2. The number of aliphatic hydroxyl groups excluding tert-OH is 1. The van der Waals surface area contributed by atoms with Crippen LogP contribution in [0.5, 0.6) is 0 Å². The lowest BCUT2D eigenvalue weighted by atomic mass is 9.79. The zero-order valence-corrected chi connectivity index (χ0v) is 14.3. The van der Waals surface area contributed by atoms with Crippen molar-refractivity contribution in [1.82, 2.24) is 0 Å². The number of furan rings is 1. The van der Waals surface area contributed by atoms with E-state index in [1.165, 1.54) is 0 Å². The van der Waals surface area contributed by atoms with Gasteiger partial charge in [-0.3, -0.25) is 0 Å². The Morgan fingerprint density at radius 1 is 1.36 bits per heavy atom. The third-order valence-corrected chi connectivity index (χ3v) is 4.23. The van der Waals surface area contributed by atoms with Crippen LogP contribution in [-0.2, 0) is 11.3 Å². The van der Waals surface area contributed by atoms with Gasteiger partial charge in [0.05, 0.1) is 42.8 Å². The summed E-state index contributed by atoms with van der Waals surface area (Å²) in [6, 6.07) is 4.28. The Hall–Kier alpha value is -0.880. The number of aliphatic hydroxyl groups is 1. The Labute approximate surface area is 133 Å². The third kappa shape index (κ3) is 5.72. The zero-order chi connectivity index (χ0) is 16.2. The fourth-order valence-corrected chi connectivity index (χ4v) is 3.87. The molecule has 5 N–H and O–H groups in total. The summed E-state index contributed by atoms with van der Waals surface area (Å²) in [7, 11) is 0. The number of quaternary nitrogens is 2. The number of hydrogen-bond acceptors (Lipinski definition) is 3. The second-order valence-electron chi connectivity index (χ2n) is 8.01. The highest BCUT2D eigenvalue weighted by Crippen LogP contribution is 2.19. The van der Waals surface area contributed by atoms with E-state index in [1.54, 1.807) is 6.26 Å². The lowest BCUT2D eigenvalue weighted by Crippen LogP contribution is -3.09. The zero-order valence-electron chi connectivity index (χ0n) is 14.3. The SMILES string of the molecule is CC1(C)CC([NH2+]C[C@@H](O)COCc2ccco2)CC(C)(C)[NH2+]1. The molecular formula is C17H32N2O3+2. The molecule has 0 aliphatic carbocycles. The average molecular weight is 312 g/mol. The lowest BCUT2D eigenvalue weighted by Gasteiger charge is -2.41. The summed E-state index contributed by atoms with van der Waals surface area (Å²) in [5.41, 5.74) is 0.535. The van der Waals surface area contributed by atoms with Crippen LogP contribution in [0, 0.1) is 0 Å². The molecule has 1 aliphatic heterocycles. The molecule has 126 valence electrons. The van der Waals surface area contributed by atoms with E-state index in [0.717, 1.165) is 18.6 Å².